The number of hydrogen-bond donors (Lipinski definition) is 2. The number of fused-ring (bicyclic) bond motifs is 4. The van der Waals surface area contributed by atoms with Crippen LogP contribution in [0.25, 0.3) is 33.5 Å². The van der Waals surface area contributed by atoms with Gasteiger partial charge in [0.2, 0.25) is 0 Å². The lowest BCUT2D eigenvalue weighted by molar-refractivity contribution is -0.148. The van der Waals surface area contributed by atoms with Crippen LogP contribution in [0, 0.1) is 17.8 Å². The Balaban J connectivity index is 1.50. The number of carboxylic acid groups (broad SMARTS) is 1. The zero-order chi connectivity index (χ0) is 21.1. The summed E-state index contributed by atoms with van der Waals surface area (Å²) in [6.07, 6.45) is 12.3. The van der Waals surface area contributed by atoms with E-state index in [1.807, 2.05) is 29.1 Å². The largest absolute Gasteiger partial charge is 0.481 e. The van der Waals surface area contributed by atoms with Crippen molar-refractivity contribution >= 4 is 39.6 Å². The van der Waals surface area contributed by atoms with Gasteiger partial charge in [0, 0.05) is 41.8 Å². The van der Waals surface area contributed by atoms with Gasteiger partial charge < -0.3 is 14.7 Å². The normalized spacial score (nSPS) is 25.8. The van der Waals surface area contributed by atoms with Crippen LogP contribution in [0.15, 0.2) is 36.9 Å². The number of carbonyl (C=O) groups is 1. The molecule has 0 amide bonds. The molecule has 31 heavy (non-hydrogen) atoms. The lowest BCUT2D eigenvalue weighted by atomic mass is 9.64. The predicted octanol–water partition coefficient (Wildman–Crippen LogP) is 5.08. The number of aliphatic carboxylic acids is 1. The number of H-pyrrole nitrogens is 1. The highest BCUT2D eigenvalue weighted by Crippen LogP contribution is 2.49. The summed E-state index contributed by atoms with van der Waals surface area (Å²) < 4.78 is 2.01. The van der Waals surface area contributed by atoms with Crippen molar-refractivity contribution in [1.29, 1.82) is 0 Å². The highest BCUT2D eigenvalue weighted by Gasteiger charge is 2.45. The van der Waals surface area contributed by atoms with Crippen LogP contribution in [0.5, 0.6) is 0 Å². The fourth-order valence-electron chi connectivity index (χ4n) is 5.84. The minimum absolute atomic E-state index is 0.149. The molecule has 4 heterocycles. The second-order valence-corrected chi connectivity index (χ2v) is 9.28. The first-order valence-electron chi connectivity index (χ1n) is 10.8. The summed E-state index contributed by atoms with van der Waals surface area (Å²) in [5, 5.41) is 12.4. The van der Waals surface area contributed by atoms with E-state index in [-0.39, 0.29) is 12.0 Å². The molecule has 4 atom stereocenters. The minimum atomic E-state index is -0.717. The van der Waals surface area contributed by atoms with E-state index in [1.165, 1.54) is 6.42 Å². The molecule has 6 rings (SSSR count). The molecule has 2 unspecified atom stereocenters. The van der Waals surface area contributed by atoms with Crippen LogP contribution in [0.3, 0.4) is 0 Å². The Hall–Kier alpha value is -2.93. The molecular formula is C23H22ClN5O2. The van der Waals surface area contributed by atoms with Crippen molar-refractivity contribution in [3.05, 3.63) is 41.9 Å². The fourth-order valence-corrected chi connectivity index (χ4v) is 6.08. The monoisotopic (exact) mass is 435 g/mol. The second-order valence-electron chi connectivity index (χ2n) is 8.88. The molecule has 2 aliphatic carbocycles. The summed E-state index contributed by atoms with van der Waals surface area (Å²) in [7, 11) is 0. The molecule has 0 aromatic carbocycles. The number of halogens is 1. The third-order valence-electron chi connectivity index (χ3n) is 7.18. The molecule has 2 fully saturated rings. The SMILES string of the molecule is O=C(O)[C@H]1C2CCCC(C2)C[C@@H]1n1cc(Cl)c2cnc(-c3c[nH]c4ncccc34)nc21. The van der Waals surface area contributed by atoms with Gasteiger partial charge in [-0.3, -0.25) is 4.79 Å². The van der Waals surface area contributed by atoms with Crippen LogP contribution in [0.2, 0.25) is 5.02 Å². The standard InChI is InChI=1S/C23H22ClN5O2/c24-17-11-29(18-8-12-3-1-4-13(7-12)19(18)23(30)31)22-16(17)10-27-21(28-22)15-9-26-20-14(15)5-2-6-25-20/h2,5-6,9-13,18-19H,1,3-4,7-8H2,(H,25,26)(H,30,31)/t12?,13?,18-,19-/m0/s1. The molecule has 0 radical (unpaired) electrons. The van der Waals surface area contributed by atoms with Crippen molar-refractivity contribution < 1.29 is 9.90 Å². The summed E-state index contributed by atoms with van der Waals surface area (Å²) in [5.74, 6) is 0.221. The average molecular weight is 436 g/mol. The number of aromatic amines is 1. The molecule has 2 saturated carbocycles. The van der Waals surface area contributed by atoms with Gasteiger partial charge >= 0.3 is 5.97 Å². The van der Waals surface area contributed by atoms with Crippen molar-refractivity contribution in [3.63, 3.8) is 0 Å². The maximum atomic E-state index is 12.3. The van der Waals surface area contributed by atoms with Crippen molar-refractivity contribution in [2.24, 2.45) is 17.8 Å². The Bertz CT molecular complexity index is 1310. The quantitative estimate of drug-likeness (QED) is 0.467. The molecule has 0 aliphatic heterocycles. The highest BCUT2D eigenvalue weighted by atomic mass is 35.5. The Morgan fingerprint density at radius 1 is 1.23 bits per heavy atom. The average Bonchev–Trinajstić information content (AvgIpc) is 3.34. The molecule has 2 aliphatic rings. The summed E-state index contributed by atoms with van der Waals surface area (Å²) in [5.41, 5.74) is 2.34. The fraction of sp³-hybridized carbons (Fsp3) is 0.391. The van der Waals surface area contributed by atoms with E-state index < -0.39 is 11.9 Å². The summed E-state index contributed by atoms with van der Waals surface area (Å²) in [6, 6.07) is 3.72. The Kier molecular flexibility index (Phi) is 4.28. The lowest BCUT2D eigenvalue weighted by Gasteiger charge is -2.44. The molecule has 7 nitrogen and oxygen atoms in total. The molecule has 2 N–H and O–H groups in total. The number of pyridine rings is 1. The molecule has 158 valence electrons. The highest BCUT2D eigenvalue weighted by molar-refractivity contribution is 6.35. The molecular weight excluding hydrogens is 414 g/mol. The van der Waals surface area contributed by atoms with Crippen LogP contribution in [0.1, 0.15) is 38.1 Å². The van der Waals surface area contributed by atoms with Crippen molar-refractivity contribution in [2.45, 2.75) is 38.1 Å². The first-order valence-corrected chi connectivity index (χ1v) is 11.2. The predicted molar refractivity (Wildman–Crippen MR) is 118 cm³/mol. The number of hydrogen-bond acceptors (Lipinski definition) is 4. The van der Waals surface area contributed by atoms with E-state index in [4.69, 9.17) is 16.6 Å². The number of nitrogens with one attached hydrogen (secondary N) is 1. The van der Waals surface area contributed by atoms with Crippen LogP contribution >= 0.6 is 11.6 Å². The van der Waals surface area contributed by atoms with Crippen LogP contribution < -0.4 is 0 Å². The minimum Gasteiger partial charge on any atom is -0.481 e. The summed E-state index contributed by atoms with van der Waals surface area (Å²) >= 11 is 6.55. The van der Waals surface area contributed by atoms with E-state index in [2.05, 4.69) is 15.0 Å². The van der Waals surface area contributed by atoms with E-state index in [0.717, 1.165) is 47.7 Å². The van der Waals surface area contributed by atoms with Gasteiger partial charge in [-0.15, -0.1) is 0 Å². The Morgan fingerprint density at radius 3 is 3.00 bits per heavy atom. The van der Waals surface area contributed by atoms with Crippen LogP contribution in [-0.4, -0.2) is 35.6 Å². The second kappa shape index (κ2) is 7.05. The molecule has 0 saturated heterocycles. The maximum absolute atomic E-state index is 12.3. The third-order valence-corrected chi connectivity index (χ3v) is 7.48. The van der Waals surface area contributed by atoms with Gasteiger partial charge in [-0.1, -0.05) is 24.4 Å². The molecule has 8 heteroatoms. The first kappa shape index (κ1) is 18.8. The number of rotatable bonds is 3. The lowest BCUT2D eigenvalue weighted by Crippen LogP contribution is -2.41. The van der Waals surface area contributed by atoms with Crippen molar-refractivity contribution in [2.75, 3.05) is 0 Å². The molecule has 2 bridgehead atoms. The maximum Gasteiger partial charge on any atom is 0.308 e. The molecule has 4 aromatic rings. The van der Waals surface area contributed by atoms with Gasteiger partial charge in [0.15, 0.2) is 5.82 Å². The number of aromatic nitrogens is 5. The van der Waals surface area contributed by atoms with Gasteiger partial charge in [-0.25, -0.2) is 15.0 Å². The smallest absolute Gasteiger partial charge is 0.308 e. The summed E-state index contributed by atoms with van der Waals surface area (Å²) in [6.45, 7) is 0. The zero-order valence-electron chi connectivity index (χ0n) is 16.8. The van der Waals surface area contributed by atoms with E-state index in [9.17, 15) is 9.90 Å². The Labute approximate surface area is 183 Å². The first-order chi connectivity index (χ1) is 15.1. The van der Waals surface area contributed by atoms with E-state index >= 15 is 0 Å². The molecule has 0 spiro atoms. The van der Waals surface area contributed by atoms with Gasteiger partial charge in [-0.2, -0.15) is 0 Å². The summed E-state index contributed by atoms with van der Waals surface area (Å²) in [4.78, 5) is 29.2. The number of carboxylic acids is 1. The van der Waals surface area contributed by atoms with Crippen molar-refractivity contribution in [1.82, 2.24) is 24.5 Å². The van der Waals surface area contributed by atoms with Gasteiger partial charge in [0.1, 0.15) is 11.3 Å². The third kappa shape index (κ3) is 2.94. The van der Waals surface area contributed by atoms with Crippen molar-refractivity contribution in [3.8, 4) is 11.4 Å². The number of nitrogens with zero attached hydrogens (tertiary/aromatic N) is 4. The van der Waals surface area contributed by atoms with Gasteiger partial charge in [0.25, 0.3) is 0 Å². The van der Waals surface area contributed by atoms with Crippen LogP contribution in [-0.2, 0) is 4.79 Å². The topological polar surface area (TPSA) is 96.7 Å². The van der Waals surface area contributed by atoms with E-state index in [0.29, 0.717) is 22.4 Å². The van der Waals surface area contributed by atoms with Gasteiger partial charge in [0.05, 0.1) is 16.3 Å². The molecule has 4 aromatic heterocycles. The van der Waals surface area contributed by atoms with Crippen LogP contribution in [0.4, 0.5) is 0 Å². The Morgan fingerprint density at radius 2 is 2.13 bits per heavy atom. The van der Waals surface area contributed by atoms with E-state index in [1.54, 1.807) is 12.4 Å². The van der Waals surface area contributed by atoms with Gasteiger partial charge in [-0.05, 0) is 43.2 Å². The zero-order valence-corrected chi connectivity index (χ0v) is 17.6.